The first-order chi connectivity index (χ1) is 10.0. The second kappa shape index (κ2) is 5.20. The minimum absolute atomic E-state index is 0.467. The molecule has 2 aromatic carbocycles. The van der Waals surface area contributed by atoms with Crippen molar-refractivity contribution in [3.05, 3.63) is 77.5 Å². The number of pyridine rings is 1. The molecular formula is C17H12F3N. The minimum Gasteiger partial charge on any atom is -0.256 e. The van der Waals surface area contributed by atoms with Crippen LogP contribution in [-0.2, 0) is 12.6 Å². The summed E-state index contributed by atoms with van der Waals surface area (Å²) in [5, 5.41) is 0.988. The van der Waals surface area contributed by atoms with Crippen LogP contribution in [0.1, 0.15) is 16.7 Å². The van der Waals surface area contributed by atoms with Crippen molar-refractivity contribution in [3.8, 4) is 0 Å². The number of aromatic nitrogens is 1. The van der Waals surface area contributed by atoms with Gasteiger partial charge in [0.25, 0.3) is 0 Å². The largest absolute Gasteiger partial charge is 0.416 e. The molecule has 0 radical (unpaired) electrons. The van der Waals surface area contributed by atoms with Gasteiger partial charge in [0.1, 0.15) is 0 Å². The Morgan fingerprint density at radius 2 is 1.67 bits per heavy atom. The van der Waals surface area contributed by atoms with Gasteiger partial charge in [0.15, 0.2) is 0 Å². The van der Waals surface area contributed by atoms with E-state index in [0.29, 0.717) is 12.0 Å². The first kappa shape index (κ1) is 13.6. The Bertz CT molecular complexity index is 778. The SMILES string of the molecule is FC(F)(F)c1cccc(Cc2ccc3ncccc3c2)c1. The highest BCUT2D eigenvalue weighted by molar-refractivity contribution is 5.79. The third-order valence-corrected chi connectivity index (χ3v) is 3.33. The van der Waals surface area contributed by atoms with Crippen molar-refractivity contribution >= 4 is 10.9 Å². The van der Waals surface area contributed by atoms with Crippen LogP contribution in [0, 0.1) is 0 Å². The quantitative estimate of drug-likeness (QED) is 0.657. The van der Waals surface area contributed by atoms with Crippen LogP contribution in [0.15, 0.2) is 60.8 Å². The predicted octanol–water partition coefficient (Wildman–Crippen LogP) is 4.84. The summed E-state index contributed by atoms with van der Waals surface area (Å²) in [6.45, 7) is 0. The molecule has 1 nitrogen and oxygen atoms in total. The maximum atomic E-state index is 12.7. The summed E-state index contributed by atoms with van der Waals surface area (Å²) in [6, 6.07) is 15.0. The van der Waals surface area contributed by atoms with Crippen molar-refractivity contribution in [2.45, 2.75) is 12.6 Å². The number of fused-ring (bicyclic) bond motifs is 1. The van der Waals surface area contributed by atoms with Crippen LogP contribution in [0.4, 0.5) is 13.2 Å². The topological polar surface area (TPSA) is 12.9 Å². The lowest BCUT2D eigenvalue weighted by atomic mass is 10.0. The Morgan fingerprint density at radius 3 is 2.48 bits per heavy atom. The normalized spacial score (nSPS) is 11.8. The molecular weight excluding hydrogens is 275 g/mol. The highest BCUT2D eigenvalue weighted by Crippen LogP contribution is 2.30. The third kappa shape index (κ3) is 3.05. The Kier molecular flexibility index (Phi) is 3.37. The van der Waals surface area contributed by atoms with E-state index in [1.165, 1.54) is 12.1 Å². The minimum atomic E-state index is -4.30. The van der Waals surface area contributed by atoms with E-state index in [-0.39, 0.29) is 0 Å². The van der Waals surface area contributed by atoms with Gasteiger partial charge in [-0.25, -0.2) is 0 Å². The first-order valence-electron chi connectivity index (χ1n) is 6.52. The molecule has 106 valence electrons. The summed E-state index contributed by atoms with van der Waals surface area (Å²) < 4.78 is 38.1. The van der Waals surface area contributed by atoms with Crippen LogP contribution in [0.3, 0.4) is 0 Å². The molecule has 3 rings (SSSR count). The molecule has 0 saturated heterocycles. The van der Waals surface area contributed by atoms with Gasteiger partial charge in [0.2, 0.25) is 0 Å². The molecule has 0 bridgehead atoms. The van der Waals surface area contributed by atoms with Crippen LogP contribution in [0.25, 0.3) is 10.9 Å². The van der Waals surface area contributed by atoms with Crippen LogP contribution in [0.2, 0.25) is 0 Å². The van der Waals surface area contributed by atoms with Crippen LogP contribution in [0.5, 0.6) is 0 Å². The van der Waals surface area contributed by atoms with Gasteiger partial charge in [0, 0.05) is 11.6 Å². The second-order valence-electron chi connectivity index (χ2n) is 4.91. The maximum Gasteiger partial charge on any atom is 0.416 e. The smallest absolute Gasteiger partial charge is 0.256 e. The molecule has 4 heteroatoms. The molecule has 0 saturated carbocycles. The lowest BCUT2D eigenvalue weighted by Gasteiger charge is -2.09. The number of nitrogens with zero attached hydrogens (tertiary/aromatic N) is 1. The molecule has 21 heavy (non-hydrogen) atoms. The van der Waals surface area contributed by atoms with E-state index in [2.05, 4.69) is 4.98 Å². The number of halogens is 3. The first-order valence-corrected chi connectivity index (χ1v) is 6.52. The predicted molar refractivity (Wildman–Crippen MR) is 76.0 cm³/mol. The van der Waals surface area contributed by atoms with Gasteiger partial charge in [0.05, 0.1) is 11.1 Å². The Labute approximate surface area is 120 Å². The van der Waals surface area contributed by atoms with Gasteiger partial charge < -0.3 is 0 Å². The molecule has 0 N–H and O–H groups in total. The zero-order chi connectivity index (χ0) is 14.9. The van der Waals surface area contributed by atoms with Crippen molar-refractivity contribution < 1.29 is 13.2 Å². The van der Waals surface area contributed by atoms with Crippen LogP contribution >= 0.6 is 0 Å². The molecule has 0 aliphatic rings. The zero-order valence-electron chi connectivity index (χ0n) is 11.1. The summed E-state index contributed by atoms with van der Waals surface area (Å²) in [6.07, 6.45) is -2.12. The number of rotatable bonds is 2. The lowest BCUT2D eigenvalue weighted by Crippen LogP contribution is -2.05. The van der Waals surface area contributed by atoms with Crippen molar-refractivity contribution in [2.75, 3.05) is 0 Å². The number of hydrogen-bond acceptors (Lipinski definition) is 1. The van der Waals surface area contributed by atoms with E-state index in [1.54, 1.807) is 12.3 Å². The summed E-state index contributed by atoms with van der Waals surface area (Å²) in [5.41, 5.74) is 1.88. The van der Waals surface area contributed by atoms with E-state index in [0.717, 1.165) is 22.5 Å². The van der Waals surface area contributed by atoms with Crippen LogP contribution in [-0.4, -0.2) is 4.98 Å². The Balaban J connectivity index is 1.91. The molecule has 0 amide bonds. The van der Waals surface area contributed by atoms with Gasteiger partial charge >= 0.3 is 6.18 Å². The van der Waals surface area contributed by atoms with E-state index in [9.17, 15) is 13.2 Å². The average Bonchev–Trinajstić information content (AvgIpc) is 2.46. The summed E-state index contributed by atoms with van der Waals surface area (Å²) in [4.78, 5) is 4.23. The molecule has 0 aliphatic heterocycles. The molecule has 1 heterocycles. The molecule has 0 spiro atoms. The van der Waals surface area contributed by atoms with Gasteiger partial charge in [-0.05, 0) is 41.8 Å². The maximum absolute atomic E-state index is 12.7. The van der Waals surface area contributed by atoms with Crippen molar-refractivity contribution in [1.82, 2.24) is 4.98 Å². The lowest BCUT2D eigenvalue weighted by molar-refractivity contribution is -0.137. The van der Waals surface area contributed by atoms with Crippen molar-refractivity contribution in [1.29, 1.82) is 0 Å². The highest BCUT2D eigenvalue weighted by Gasteiger charge is 2.30. The third-order valence-electron chi connectivity index (χ3n) is 3.33. The number of alkyl halides is 3. The fourth-order valence-corrected chi connectivity index (χ4v) is 2.33. The molecule has 0 unspecified atom stereocenters. The van der Waals surface area contributed by atoms with Crippen molar-refractivity contribution in [2.24, 2.45) is 0 Å². The molecule has 1 aromatic heterocycles. The summed E-state index contributed by atoms with van der Waals surface area (Å²) >= 11 is 0. The Morgan fingerprint density at radius 1 is 0.857 bits per heavy atom. The zero-order valence-corrected chi connectivity index (χ0v) is 11.1. The van der Waals surface area contributed by atoms with Gasteiger partial charge in [-0.15, -0.1) is 0 Å². The number of hydrogen-bond donors (Lipinski definition) is 0. The molecule has 0 aliphatic carbocycles. The number of benzene rings is 2. The fourth-order valence-electron chi connectivity index (χ4n) is 2.33. The Hall–Kier alpha value is -2.36. The van der Waals surface area contributed by atoms with E-state index < -0.39 is 11.7 Å². The van der Waals surface area contributed by atoms with E-state index >= 15 is 0 Å². The molecule has 0 atom stereocenters. The standard InChI is InChI=1S/C17H12F3N/c18-17(19,20)15-5-1-3-12(11-15)9-13-6-7-16-14(10-13)4-2-8-21-16/h1-8,10-11H,9H2. The van der Waals surface area contributed by atoms with Gasteiger partial charge in [-0.2, -0.15) is 13.2 Å². The summed E-state index contributed by atoms with van der Waals surface area (Å²) in [7, 11) is 0. The molecule has 3 aromatic rings. The second-order valence-corrected chi connectivity index (χ2v) is 4.91. The van der Waals surface area contributed by atoms with Gasteiger partial charge in [-0.3, -0.25) is 4.98 Å². The average molecular weight is 287 g/mol. The van der Waals surface area contributed by atoms with Gasteiger partial charge in [-0.1, -0.05) is 30.3 Å². The fraction of sp³-hybridized carbons (Fsp3) is 0.118. The monoisotopic (exact) mass is 287 g/mol. The molecule has 0 fully saturated rings. The van der Waals surface area contributed by atoms with Crippen LogP contribution < -0.4 is 0 Å². The van der Waals surface area contributed by atoms with Crippen molar-refractivity contribution in [3.63, 3.8) is 0 Å². The van der Waals surface area contributed by atoms with E-state index in [1.807, 2.05) is 30.3 Å². The highest BCUT2D eigenvalue weighted by atomic mass is 19.4. The van der Waals surface area contributed by atoms with E-state index in [4.69, 9.17) is 0 Å². The summed E-state index contributed by atoms with van der Waals surface area (Å²) in [5.74, 6) is 0.